The molecule has 0 bridgehead atoms. The van der Waals surface area contributed by atoms with Gasteiger partial charge in [0.2, 0.25) is 0 Å². The molecule has 1 saturated heterocycles. The Hall–Kier alpha value is -3.59. The van der Waals surface area contributed by atoms with Crippen molar-refractivity contribution < 1.29 is 40.9 Å². The molecule has 1 fully saturated rings. The van der Waals surface area contributed by atoms with Crippen LogP contribution in [0.1, 0.15) is 26.2 Å². The normalized spacial score (nSPS) is 15.7. The molecule has 4 N–H and O–H groups in total. The van der Waals surface area contributed by atoms with Crippen LogP contribution in [0.4, 0.5) is 0 Å². The molecule has 1 aliphatic heterocycles. The maximum atomic E-state index is 11.2. The topological polar surface area (TPSA) is 180 Å². The minimum absolute atomic E-state index is 0. The van der Waals surface area contributed by atoms with Crippen LogP contribution in [-0.4, -0.2) is 62.6 Å². The molecule has 13 heteroatoms. The highest BCUT2D eigenvalue weighted by Gasteiger charge is 2.19. The van der Waals surface area contributed by atoms with Gasteiger partial charge in [-0.3, -0.25) is 9.11 Å². The summed E-state index contributed by atoms with van der Waals surface area (Å²) in [6, 6.07) is 19.2. The van der Waals surface area contributed by atoms with Crippen LogP contribution >= 0.6 is 0 Å². The lowest BCUT2D eigenvalue weighted by molar-refractivity contribution is -0.605. The van der Waals surface area contributed by atoms with E-state index in [9.17, 15) is 22.0 Å². The zero-order valence-electron chi connectivity index (χ0n) is 23.7. The van der Waals surface area contributed by atoms with Crippen molar-refractivity contribution >= 4 is 31.0 Å². The zero-order valence-corrected chi connectivity index (χ0v) is 25.3. The van der Waals surface area contributed by atoms with E-state index < -0.39 is 30.0 Å². The molecule has 0 aliphatic carbocycles. The van der Waals surface area contributed by atoms with Gasteiger partial charge in [-0.1, -0.05) is 43.3 Å². The molecular formula is C30H36N2O9S2. The van der Waals surface area contributed by atoms with Gasteiger partial charge in [0.15, 0.2) is 12.4 Å². The van der Waals surface area contributed by atoms with Gasteiger partial charge in [0.25, 0.3) is 20.2 Å². The van der Waals surface area contributed by atoms with E-state index in [0.29, 0.717) is 0 Å². The first-order valence-corrected chi connectivity index (χ1v) is 16.4. The van der Waals surface area contributed by atoms with E-state index in [0.717, 1.165) is 59.2 Å². The lowest BCUT2D eigenvalue weighted by Crippen LogP contribution is -2.35. The fourth-order valence-electron chi connectivity index (χ4n) is 5.02. The standard InChI is InChI=1S/C20H26N2O2.C10H8O6S2.H2O/c1-17-4-2-11-21(16-17)12-3-15-24-20-7-5-18(6-8-20)19-9-13-22(23)14-10-19;11-17(12,13)9-5-1-3-7-8(9)4-2-6-10(7)18(14,15)16;/h5-10,13-14,17H,2-4,11-12,15-16H2,1H3;1-6H,(H,11,12,13)(H,14,15,16);1H2. The number of fused-ring (bicyclic) bond motifs is 1. The number of pyridine rings is 1. The molecule has 2 heterocycles. The maximum Gasteiger partial charge on any atom is 0.295 e. The minimum atomic E-state index is -4.47. The van der Waals surface area contributed by atoms with E-state index in [-0.39, 0.29) is 16.2 Å². The summed E-state index contributed by atoms with van der Waals surface area (Å²) in [5.41, 5.74) is 2.12. The highest BCUT2D eigenvalue weighted by molar-refractivity contribution is 7.86. The summed E-state index contributed by atoms with van der Waals surface area (Å²) < 4.78 is 69.3. The molecule has 43 heavy (non-hydrogen) atoms. The van der Waals surface area contributed by atoms with Crippen molar-refractivity contribution in [2.24, 2.45) is 5.92 Å². The van der Waals surface area contributed by atoms with Crippen LogP contribution in [0.25, 0.3) is 21.9 Å². The van der Waals surface area contributed by atoms with Crippen molar-refractivity contribution in [3.8, 4) is 16.9 Å². The first kappa shape index (κ1) is 33.9. The second-order valence-electron chi connectivity index (χ2n) is 10.3. The predicted molar refractivity (Wildman–Crippen MR) is 163 cm³/mol. The van der Waals surface area contributed by atoms with Crippen molar-refractivity contribution in [2.45, 2.75) is 36.0 Å². The quantitative estimate of drug-likeness (QED) is 0.126. The number of nitrogens with zero attached hydrogens (tertiary/aromatic N) is 2. The Morgan fingerprint density at radius 2 is 1.40 bits per heavy atom. The highest BCUT2D eigenvalue weighted by Crippen LogP contribution is 2.28. The van der Waals surface area contributed by atoms with Crippen molar-refractivity contribution in [1.29, 1.82) is 0 Å². The molecule has 3 aromatic carbocycles. The smallest absolute Gasteiger partial charge is 0.295 e. The van der Waals surface area contributed by atoms with Gasteiger partial charge >= 0.3 is 0 Å². The first-order valence-electron chi connectivity index (χ1n) is 13.5. The number of piperidine rings is 1. The Kier molecular flexibility index (Phi) is 11.6. The van der Waals surface area contributed by atoms with E-state index in [2.05, 4.69) is 11.8 Å². The van der Waals surface area contributed by atoms with Crippen LogP contribution in [0.2, 0.25) is 0 Å². The molecule has 0 spiro atoms. The van der Waals surface area contributed by atoms with Gasteiger partial charge < -0.3 is 20.3 Å². The molecule has 5 rings (SSSR count). The van der Waals surface area contributed by atoms with E-state index in [1.54, 1.807) is 0 Å². The van der Waals surface area contributed by atoms with Crippen LogP contribution in [0, 0.1) is 11.1 Å². The second kappa shape index (κ2) is 14.7. The summed E-state index contributed by atoms with van der Waals surface area (Å²) in [7, 11) is -8.94. The van der Waals surface area contributed by atoms with Crippen LogP contribution < -0.4 is 9.47 Å². The lowest BCUT2D eigenvalue weighted by Gasteiger charge is -2.30. The monoisotopic (exact) mass is 632 g/mol. The van der Waals surface area contributed by atoms with Crippen LogP contribution in [0.15, 0.2) is 95.0 Å². The molecule has 4 aromatic rings. The number of aromatic nitrogens is 1. The Bertz CT molecular complexity index is 1640. The second-order valence-corrected chi connectivity index (χ2v) is 13.1. The fourth-order valence-corrected chi connectivity index (χ4v) is 6.43. The van der Waals surface area contributed by atoms with E-state index in [1.165, 1.54) is 62.6 Å². The van der Waals surface area contributed by atoms with Crippen LogP contribution in [0.5, 0.6) is 5.75 Å². The summed E-state index contributed by atoms with van der Waals surface area (Å²) in [6.45, 7) is 6.69. The average molecular weight is 633 g/mol. The molecule has 1 aromatic heterocycles. The predicted octanol–water partition coefficient (Wildman–Crippen LogP) is 4.00. The summed E-state index contributed by atoms with van der Waals surface area (Å²) in [4.78, 5) is 1.73. The molecule has 0 saturated carbocycles. The summed E-state index contributed by atoms with van der Waals surface area (Å²) >= 11 is 0. The molecule has 1 aliphatic rings. The third-order valence-corrected chi connectivity index (χ3v) is 8.84. The van der Waals surface area contributed by atoms with Crippen molar-refractivity contribution in [1.82, 2.24) is 4.90 Å². The van der Waals surface area contributed by atoms with Crippen molar-refractivity contribution in [3.05, 3.63) is 90.4 Å². The third kappa shape index (κ3) is 9.45. The molecule has 11 nitrogen and oxygen atoms in total. The molecule has 1 unspecified atom stereocenters. The van der Waals surface area contributed by atoms with Gasteiger partial charge in [-0.15, -0.1) is 0 Å². The van der Waals surface area contributed by atoms with Gasteiger partial charge in [-0.05, 0) is 67.1 Å². The molecule has 232 valence electrons. The Labute approximate surface area is 251 Å². The Morgan fingerprint density at radius 1 is 0.860 bits per heavy atom. The Morgan fingerprint density at radius 3 is 1.91 bits per heavy atom. The van der Waals surface area contributed by atoms with Crippen molar-refractivity contribution in [2.75, 3.05) is 26.2 Å². The molecule has 0 amide bonds. The molecule has 1 atom stereocenters. The lowest BCUT2D eigenvalue weighted by atomic mass is 10.0. The van der Waals surface area contributed by atoms with E-state index >= 15 is 0 Å². The third-order valence-electron chi connectivity index (χ3n) is 7.02. The number of hydrogen-bond acceptors (Lipinski definition) is 7. The Balaban J connectivity index is 0.000000239. The first-order chi connectivity index (χ1) is 19.9. The number of ether oxygens (including phenoxy) is 1. The highest BCUT2D eigenvalue weighted by atomic mass is 32.2. The number of likely N-dealkylation sites (tertiary alicyclic amines) is 1. The van der Waals surface area contributed by atoms with Gasteiger partial charge in [-0.2, -0.15) is 21.6 Å². The van der Waals surface area contributed by atoms with Gasteiger partial charge in [0.1, 0.15) is 15.5 Å². The number of hydrogen-bond donors (Lipinski definition) is 2. The average Bonchev–Trinajstić information content (AvgIpc) is 2.95. The largest absolute Gasteiger partial charge is 0.619 e. The summed E-state index contributed by atoms with van der Waals surface area (Å²) in [5, 5.41) is 11.1. The van der Waals surface area contributed by atoms with Gasteiger partial charge in [0.05, 0.1) is 6.61 Å². The summed E-state index contributed by atoms with van der Waals surface area (Å²) in [5.74, 6) is 1.74. The van der Waals surface area contributed by atoms with E-state index in [1.807, 2.05) is 36.4 Å². The molecular weight excluding hydrogens is 596 g/mol. The van der Waals surface area contributed by atoms with Gasteiger partial charge in [-0.25, -0.2) is 0 Å². The van der Waals surface area contributed by atoms with Crippen LogP contribution in [-0.2, 0) is 20.2 Å². The van der Waals surface area contributed by atoms with Crippen molar-refractivity contribution in [3.63, 3.8) is 0 Å². The zero-order chi connectivity index (χ0) is 30.3. The van der Waals surface area contributed by atoms with Gasteiger partial charge in [0, 0.05) is 36.0 Å². The SMILES string of the molecule is CC1CCCN(CCCOc2ccc(-c3cc[n+]([O-])cc3)cc2)C1.O.O=S(=O)(O)c1cccc2c(S(=O)(=O)O)cccc12. The minimum Gasteiger partial charge on any atom is -0.619 e. The van der Waals surface area contributed by atoms with E-state index in [4.69, 9.17) is 13.8 Å². The molecule has 0 radical (unpaired) electrons. The summed E-state index contributed by atoms with van der Waals surface area (Å²) in [6.07, 6.45) is 6.80. The maximum absolute atomic E-state index is 11.2. The number of rotatable bonds is 8. The fraction of sp³-hybridized carbons (Fsp3) is 0.300. The van der Waals surface area contributed by atoms with Crippen LogP contribution in [0.3, 0.4) is 0 Å². The number of benzene rings is 3.